The quantitative estimate of drug-likeness (QED) is 0.872. The minimum absolute atomic E-state index is 0.0787. The second-order valence-corrected chi connectivity index (χ2v) is 5.22. The molecule has 0 unspecified atom stereocenters. The summed E-state index contributed by atoms with van der Waals surface area (Å²) in [7, 11) is 0. The van der Waals surface area contributed by atoms with E-state index in [1.165, 1.54) is 11.3 Å². The molecule has 1 aliphatic heterocycles. The molecule has 2 heterocycles. The van der Waals surface area contributed by atoms with Crippen LogP contribution in [-0.4, -0.2) is 22.7 Å². The van der Waals surface area contributed by atoms with Gasteiger partial charge in [0.15, 0.2) is 0 Å². The van der Waals surface area contributed by atoms with Crippen molar-refractivity contribution in [3.05, 3.63) is 5.01 Å². The number of nitrogens with zero attached hydrogens (tertiary/aromatic N) is 2. The minimum atomic E-state index is 0.0787. The summed E-state index contributed by atoms with van der Waals surface area (Å²) in [5, 5.41) is 12.3. The Labute approximate surface area is 97.2 Å². The lowest BCUT2D eigenvalue weighted by Crippen LogP contribution is -2.12. The van der Waals surface area contributed by atoms with E-state index < -0.39 is 0 Å². The van der Waals surface area contributed by atoms with Gasteiger partial charge in [0, 0.05) is 12.5 Å². The lowest BCUT2D eigenvalue weighted by Gasteiger charge is -2.02. The average Bonchev–Trinajstić information content (AvgIpc) is 2.80. The fourth-order valence-electron chi connectivity index (χ4n) is 1.74. The molecule has 1 amide bonds. The maximum absolute atomic E-state index is 11.5. The van der Waals surface area contributed by atoms with E-state index >= 15 is 0 Å². The number of aromatic nitrogens is 2. The molecule has 0 bridgehead atoms. The zero-order chi connectivity index (χ0) is 11.0. The highest BCUT2D eigenvalue weighted by atomic mass is 32.1. The molecular formula is C10H13N3O2S. The van der Waals surface area contributed by atoms with Crippen molar-refractivity contribution in [3.63, 3.8) is 0 Å². The van der Waals surface area contributed by atoms with E-state index in [-0.39, 0.29) is 17.9 Å². The summed E-state index contributed by atoms with van der Waals surface area (Å²) >= 11 is 1.42. The van der Waals surface area contributed by atoms with Crippen LogP contribution in [0.3, 0.4) is 0 Å². The molecule has 5 nitrogen and oxygen atoms in total. The van der Waals surface area contributed by atoms with Crippen LogP contribution in [0.5, 0.6) is 0 Å². The molecular weight excluding hydrogens is 226 g/mol. The molecule has 2 fully saturated rings. The highest BCUT2D eigenvalue weighted by Crippen LogP contribution is 2.33. The molecule has 6 heteroatoms. The third kappa shape index (κ3) is 2.08. The van der Waals surface area contributed by atoms with Crippen LogP contribution in [0.15, 0.2) is 0 Å². The molecule has 0 aromatic carbocycles. The van der Waals surface area contributed by atoms with Crippen LogP contribution in [0.25, 0.3) is 0 Å². The number of amides is 1. The summed E-state index contributed by atoms with van der Waals surface area (Å²) < 4.78 is 5.51. The largest absolute Gasteiger partial charge is 0.371 e. The van der Waals surface area contributed by atoms with E-state index in [0.717, 1.165) is 37.3 Å². The summed E-state index contributed by atoms with van der Waals surface area (Å²) in [5.74, 6) is 0.283. The van der Waals surface area contributed by atoms with Crippen LogP contribution in [0.4, 0.5) is 5.13 Å². The maximum atomic E-state index is 11.5. The standard InChI is InChI=1S/C10H13N3O2S/c14-8(6-3-4-6)11-10-13-12-9(16-10)7-2-1-5-15-7/h6-7H,1-5H2,(H,11,13,14)/t7-/m1/s1. The molecule has 1 atom stereocenters. The number of carbonyl (C=O) groups is 1. The van der Waals surface area contributed by atoms with Crippen LogP contribution in [0.1, 0.15) is 36.8 Å². The lowest BCUT2D eigenvalue weighted by atomic mass is 10.2. The molecule has 1 N–H and O–H groups in total. The van der Waals surface area contributed by atoms with Crippen LogP contribution in [0.2, 0.25) is 0 Å². The van der Waals surface area contributed by atoms with Crippen molar-refractivity contribution in [1.29, 1.82) is 0 Å². The molecule has 1 saturated heterocycles. The fraction of sp³-hybridized carbons (Fsp3) is 0.700. The van der Waals surface area contributed by atoms with Gasteiger partial charge >= 0.3 is 0 Å². The van der Waals surface area contributed by atoms with Crippen molar-refractivity contribution in [1.82, 2.24) is 10.2 Å². The van der Waals surface area contributed by atoms with Gasteiger partial charge in [-0.1, -0.05) is 11.3 Å². The number of hydrogen-bond donors (Lipinski definition) is 1. The Kier molecular flexibility index (Phi) is 2.61. The Balaban J connectivity index is 1.64. The van der Waals surface area contributed by atoms with Gasteiger partial charge < -0.3 is 10.1 Å². The lowest BCUT2D eigenvalue weighted by molar-refractivity contribution is -0.117. The normalized spacial score (nSPS) is 24.6. The predicted molar refractivity (Wildman–Crippen MR) is 59.2 cm³/mol. The molecule has 16 heavy (non-hydrogen) atoms. The van der Waals surface area contributed by atoms with Gasteiger partial charge in [-0.15, -0.1) is 10.2 Å². The van der Waals surface area contributed by atoms with E-state index in [0.29, 0.717) is 5.13 Å². The number of carbonyl (C=O) groups excluding carboxylic acids is 1. The van der Waals surface area contributed by atoms with Gasteiger partial charge in [0.25, 0.3) is 0 Å². The summed E-state index contributed by atoms with van der Waals surface area (Å²) in [6.07, 6.45) is 4.18. The molecule has 0 radical (unpaired) electrons. The molecule has 1 aromatic heterocycles. The number of hydrogen-bond acceptors (Lipinski definition) is 5. The SMILES string of the molecule is O=C(Nc1nnc([C@H]2CCCO2)s1)C1CC1. The van der Waals surface area contributed by atoms with Crippen molar-refractivity contribution >= 4 is 22.4 Å². The Morgan fingerprint density at radius 2 is 2.25 bits per heavy atom. The summed E-state index contributed by atoms with van der Waals surface area (Å²) in [5.41, 5.74) is 0. The first-order valence-electron chi connectivity index (χ1n) is 5.59. The molecule has 0 spiro atoms. The van der Waals surface area contributed by atoms with E-state index in [2.05, 4.69) is 15.5 Å². The Bertz CT molecular complexity index is 397. The fourth-order valence-corrected chi connectivity index (χ4v) is 2.57. The third-order valence-electron chi connectivity index (χ3n) is 2.82. The highest BCUT2D eigenvalue weighted by molar-refractivity contribution is 7.15. The van der Waals surface area contributed by atoms with Gasteiger partial charge in [-0.2, -0.15) is 0 Å². The highest BCUT2D eigenvalue weighted by Gasteiger charge is 2.30. The monoisotopic (exact) mass is 239 g/mol. The zero-order valence-electron chi connectivity index (χ0n) is 8.81. The number of ether oxygens (including phenoxy) is 1. The van der Waals surface area contributed by atoms with E-state index in [1.807, 2.05) is 0 Å². The van der Waals surface area contributed by atoms with Crippen molar-refractivity contribution in [2.45, 2.75) is 31.8 Å². The molecule has 1 aromatic rings. The first-order valence-corrected chi connectivity index (χ1v) is 6.40. The molecule has 1 saturated carbocycles. The van der Waals surface area contributed by atoms with E-state index in [9.17, 15) is 4.79 Å². The second kappa shape index (κ2) is 4.10. The Morgan fingerprint density at radius 1 is 1.38 bits per heavy atom. The molecule has 86 valence electrons. The van der Waals surface area contributed by atoms with Crippen LogP contribution < -0.4 is 5.32 Å². The minimum Gasteiger partial charge on any atom is -0.371 e. The third-order valence-corrected chi connectivity index (χ3v) is 3.75. The van der Waals surface area contributed by atoms with Gasteiger partial charge in [0.2, 0.25) is 11.0 Å². The predicted octanol–water partition coefficient (Wildman–Crippen LogP) is 1.74. The van der Waals surface area contributed by atoms with Crippen molar-refractivity contribution in [2.24, 2.45) is 5.92 Å². The number of rotatable bonds is 3. The van der Waals surface area contributed by atoms with E-state index in [4.69, 9.17) is 4.74 Å². The summed E-state index contributed by atoms with van der Waals surface area (Å²) in [4.78, 5) is 11.5. The number of nitrogens with one attached hydrogen (secondary N) is 1. The van der Waals surface area contributed by atoms with Crippen LogP contribution in [-0.2, 0) is 9.53 Å². The summed E-state index contributed by atoms with van der Waals surface area (Å²) in [6, 6.07) is 0. The molecule has 3 rings (SSSR count). The first-order chi connectivity index (χ1) is 7.83. The smallest absolute Gasteiger partial charge is 0.229 e. The van der Waals surface area contributed by atoms with Gasteiger partial charge in [-0.3, -0.25) is 4.79 Å². The first kappa shape index (κ1) is 10.2. The van der Waals surface area contributed by atoms with Crippen LogP contribution >= 0.6 is 11.3 Å². The maximum Gasteiger partial charge on any atom is 0.229 e. The Morgan fingerprint density at radius 3 is 2.94 bits per heavy atom. The van der Waals surface area contributed by atoms with Crippen molar-refractivity contribution < 1.29 is 9.53 Å². The molecule has 1 aliphatic carbocycles. The van der Waals surface area contributed by atoms with Gasteiger partial charge in [-0.05, 0) is 25.7 Å². The van der Waals surface area contributed by atoms with Gasteiger partial charge in [0.05, 0.1) is 0 Å². The second-order valence-electron chi connectivity index (χ2n) is 4.21. The van der Waals surface area contributed by atoms with Crippen LogP contribution in [0, 0.1) is 5.92 Å². The zero-order valence-corrected chi connectivity index (χ0v) is 9.63. The van der Waals surface area contributed by atoms with Gasteiger partial charge in [0.1, 0.15) is 11.1 Å². The van der Waals surface area contributed by atoms with Gasteiger partial charge in [-0.25, -0.2) is 0 Å². The Hall–Kier alpha value is -1.01. The van der Waals surface area contributed by atoms with E-state index in [1.54, 1.807) is 0 Å². The average molecular weight is 239 g/mol. The molecule has 2 aliphatic rings. The van der Waals surface area contributed by atoms with Crippen molar-refractivity contribution in [3.8, 4) is 0 Å². The topological polar surface area (TPSA) is 64.1 Å². The van der Waals surface area contributed by atoms with Crippen molar-refractivity contribution in [2.75, 3.05) is 11.9 Å². The summed E-state index contributed by atoms with van der Waals surface area (Å²) in [6.45, 7) is 0.800. The number of anilines is 1.